The highest BCUT2D eigenvalue weighted by Crippen LogP contribution is 2.17. The Morgan fingerprint density at radius 1 is 1.08 bits per heavy atom. The van der Waals surface area contributed by atoms with Crippen LogP contribution in [0.25, 0.3) is 10.9 Å². The van der Waals surface area contributed by atoms with E-state index in [-0.39, 0.29) is 23.3 Å². The lowest BCUT2D eigenvalue weighted by Crippen LogP contribution is -2.42. The predicted molar refractivity (Wildman–Crippen MR) is 95.1 cm³/mol. The number of rotatable bonds is 5. The lowest BCUT2D eigenvalue weighted by molar-refractivity contribution is -0.384. The van der Waals surface area contributed by atoms with Gasteiger partial charge in [-0.15, -0.1) is 0 Å². The number of nitro groups is 1. The quantitative estimate of drug-likeness (QED) is 0.605. The van der Waals surface area contributed by atoms with Crippen molar-refractivity contribution in [3.05, 3.63) is 49.2 Å². The number of piperidine rings is 1. The molecule has 0 amide bonds. The van der Waals surface area contributed by atoms with Gasteiger partial charge in [0.2, 0.25) is 0 Å². The Hall–Kier alpha value is -2.48. The summed E-state index contributed by atoms with van der Waals surface area (Å²) in [7, 11) is 0. The molecule has 8 nitrogen and oxygen atoms in total. The molecule has 8 heteroatoms. The van der Waals surface area contributed by atoms with Gasteiger partial charge in [-0.25, -0.2) is 4.79 Å². The summed E-state index contributed by atoms with van der Waals surface area (Å²) in [6.45, 7) is 5.19. The van der Waals surface area contributed by atoms with E-state index >= 15 is 0 Å². The van der Waals surface area contributed by atoms with Gasteiger partial charge in [0.05, 0.1) is 15.8 Å². The van der Waals surface area contributed by atoms with Crippen molar-refractivity contribution in [2.24, 2.45) is 0 Å². The van der Waals surface area contributed by atoms with Gasteiger partial charge >= 0.3 is 5.69 Å². The van der Waals surface area contributed by atoms with E-state index in [1.165, 1.54) is 24.6 Å². The first-order valence-electron chi connectivity index (χ1n) is 8.67. The normalized spacial score (nSPS) is 15.6. The first-order valence-corrected chi connectivity index (χ1v) is 8.67. The van der Waals surface area contributed by atoms with Crippen LogP contribution >= 0.6 is 0 Å². The van der Waals surface area contributed by atoms with E-state index in [0.717, 1.165) is 37.0 Å². The Morgan fingerprint density at radius 2 is 1.80 bits per heavy atom. The molecule has 0 aliphatic carbocycles. The monoisotopic (exact) mass is 346 g/mol. The highest BCUT2D eigenvalue weighted by atomic mass is 16.6. The molecule has 0 atom stereocenters. The highest BCUT2D eigenvalue weighted by molar-refractivity contribution is 5.80. The van der Waals surface area contributed by atoms with Crippen molar-refractivity contribution < 1.29 is 4.92 Å². The van der Waals surface area contributed by atoms with Crippen LogP contribution < -0.4 is 11.2 Å². The van der Waals surface area contributed by atoms with Gasteiger partial charge in [-0.3, -0.25) is 24.0 Å². The molecule has 0 spiro atoms. The molecule has 1 aliphatic heterocycles. The van der Waals surface area contributed by atoms with Crippen molar-refractivity contribution in [3.63, 3.8) is 0 Å². The number of benzene rings is 1. The summed E-state index contributed by atoms with van der Waals surface area (Å²) in [5.41, 5.74) is -0.512. The van der Waals surface area contributed by atoms with Crippen LogP contribution in [0.5, 0.6) is 0 Å². The Kier molecular flexibility index (Phi) is 4.98. The lowest BCUT2D eigenvalue weighted by Gasteiger charge is -2.26. The molecule has 1 saturated heterocycles. The third-order valence-electron chi connectivity index (χ3n) is 4.82. The molecule has 1 fully saturated rings. The summed E-state index contributed by atoms with van der Waals surface area (Å²) < 4.78 is 2.71. The van der Waals surface area contributed by atoms with Crippen molar-refractivity contribution in [2.75, 3.05) is 19.6 Å². The maximum Gasteiger partial charge on any atom is 0.331 e. The topological polar surface area (TPSA) is 90.4 Å². The van der Waals surface area contributed by atoms with Crippen LogP contribution in [0.2, 0.25) is 0 Å². The Balaban J connectivity index is 2.07. The van der Waals surface area contributed by atoms with Gasteiger partial charge in [0.15, 0.2) is 0 Å². The van der Waals surface area contributed by atoms with E-state index in [1.54, 1.807) is 11.5 Å². The second-order valence-corrected chi connectivity index (χ2v) is 6.34. The minimum absolute atomic E-state index is 0.145. The molecule has 1 aromatic carbocycles. The minimum atomic E-state index is -0.529. The van der Waals surface area contributed by atoms with E-state index < -0.39 is 10.5 Å². The van der Waals surface area contributed by atoms with Crippen LogP contribution in [-0.4, -0.2) is 38.6 Å². The SMILES string of the molecule is CCn1c(=O)c2cc([N+](=O)[O-])ccc2n(CCN2CCCCC2)c1=O. The fourth-order valence-corrected chi connectivity index (χ4v) is 3.44. The largest absolute Gasteiger partial charge is 0.331 e. The molecule has 3 rings (SSSR count). The highest BCUT2D eigenvalue weighted by Gasteiger charge is 2.17. The van der Waals surface area contributed by atoms with Gasteiger partial charge in [0, 0.05) is 31.8 Å². The average molecular weight is 346 g/mol. The summed E-state index contributed by atoms with van der Waals surface area (Å²) in [5, 5.41) is 11.2. The molecule has 1 aliphatic rings. The smallest absolute Gasteiger partial charge is 0.302 e. The van der Waals surface area contributed by atoms with Gasteiger partial charge in [0.1, 0.15) is 0 Å². The number of fused-ring (bicyclic) bond motifs is 1. The predicted octanol–water partition coefficient (Wildman–Crippen LogP) is 1.58. The lowest BCUT2D eigenvalue weighted by atomic mass is 10.1. The van der Waals surface area contributed by atoms with E-state index in [9.17, 15) is 19.7 Å². The van der Waals surface area contributed by atoms with Crippen LogP contribution in [0.3, 0.4) is 0 Å². The van der Waals surface area contributed by atoms with E-state index in [2.05, 4.69) is 4.90 Å². The molecule has 25 heavy (non-hydrogen) atoms. The van der Waals surface area contributed by atoms with Gasteiger partial charge in [0.25, 0.3) is 11.2 Å². The molecule has 0 N–H and O–H groups in total. The zero-order chi connectivity index (χ0) is 18.0. The zero-order valence-corrected chi connectivity index (χ0v) is 14.3. The average Bonchev–Trinajstić information content (AvgIpc) is 2.62. The van der Waals surface area contributed by atoms with Crippen molar-refractivity contribution >= 4 is 16.6 Å². The van der Waals surface area contributed by atoms with E-state index in [1.807, 2.05) is 0 Å². The third kappa shape index (κ3) is 3.34. The Morgan fingerprint density at radius 3 is 2.44 bits per heavy atom. The maximum atomic E-state index is 12.7. The summed E-state index contributed by atoms with van der Waals surface area (Å²) in [6, 6.07) is 4.11. The summed E-state index contributed by atoms with van der Waals surface area (Å²) in [6.07, 6.45) is 3.57. The second kappa shape index (κ2) is 7.18. The minimum Gasteiger partial charge on any atom is -0.302 e. The molecular formula is C17H22N4O4. The van der Waals surface area contributed by atoms with Crippen molar-refractivity contribution in [1.29, 1.82) is 0 Å². The third-order valence-corrected chi connectivity index (χ3v) is 4.82. The molecule has 134 valence electrons. The summed E-state index contributed by atoms with van der Waals surface area (Å²) in [5.74, 6) is 0. The van der Waals surface area contributed by atoms with Crippen molar-refractivity contribution in [3.8, 4) is 0 Å². The summed E-state index contributed by atoms with van der Waals surface area (Å²) >= 11 is 0. The Bertz CT molecular complexity index is 909. The van der Waals surface area contributed by atoms with Gasteiger partial charge in [-0.05, 0) is 38.9 Å². The fraction of sp³-hybridized carbons (Fsp3) is 0.529. The number of aromatic nitrogens is 2. The first kappa shape index (κ1) is 17.3. The standard InChI is InChI=1S/C17H22N4O4/c1-2-19-16(22)14-12-13(21(24)25)6-7-15(14)20(17(19)23)11-10-18-8-4-3-5-9-18/h6-7,12H,2-5,8-11H2,1H3. The zero-order valence-electron chi connectivity index (χ0n) is 14.3. The number of hydrogen-bond acceptors (Lipinski definition) is 5. The summed E-state index contributed by atoms with van der Waals surface area (Å²) in [4.78, 5) is 38.0. The first-order chi connectivity index (χ1) is 12.0. The maximum absolute atomic E-state index is 12.7. The van der Waals surface area contributed by atoms with Crippen LogP contribution in [0.4, 0.5) is 5.69 Å². The van der Waals surface area contributed by atoms with E-state index in [4.69, 9.17) is 0 Å². The van der Waals surface area contributed by atoms with Crippen molar-refractivity contribution in [2.45, 2.75) is 39.3 Å². The number of nitrogens with zero attached hydrogens (tertiary/aromatic N) is 4. The molecular weight excluding hydrogens is 324 g/mol. The number of nitro benzene ring substituents is 1. The van der Waals surface area contributed by atoms with Gasteiger partial charge < -0.3 is 4.90 Å². The number of non-ortho nitro benzene ring substituents is 1. The Labute approximate surface area is 144 Å². The van der Waals surface area contributed by atoms with E-state index in [0.29, 0.717) is 12.1 Å². The van der Waals surface area contributed by atoms with Crippen molar-refractivity contribution in [1.82, 2.24) is 14.0 Å². The molecule has 0 bridgehead atoms. The molecule has 0 unspecified atom stereocenters. The van der Waals surface area contributed by atoms with Crippen LogP contribution in [0.15, 0.2) is 27.8 Å². The number of hydrogen-bond donors (Lipinski definition) is 0. The van der Waals surface area contributed by atoms with Gasteiger partial charge in [-0.1, -0.05) is 6.42 Å². The molecule has 2 aromatic rings. The van der Waals surface area contributed by atoms with Crippen LogP contribution in [0, 0.1) is 10.1 Å². The molecule has 0 saturated carbocycles. The molecule has 1 aromatic heterocycles. The molecule has 0 radical (unpaired) electrons. The van der Waals surface area contributed by atoms with Crippen LogP contribution in [-0.2, 0) is 13.1 Å². The fourth-order valence-electron chi connectivity index (χ4n) is 3.44. The van der Waals surface area contributed by atoms with Gasteiger partial charge in [-0.2, -0.15) is 0 Å². The molecule has 2 heterocycles. The number of likely N-dealkylation sites (tertiary alicyclic amines) is 1. The van der Waals surface area contributed by atoms with Crippen LogP contribution in [0.1, 0.15) is 26.2 Å². The second-order valence-electron chi connectivity index (χ2n) is 6.34.